The number of hydrogen-bond acceptors (Lipinski definition) is 2. The van der Waals surface area contributed by atoms with Crippen LogP contribution in [0.5, 0.6) is 0 Å². The first-order chi connectivity index (χ1) is 10.6. The zero-order chi connectivity index (χ0) is 15.5. The van der Waals surface area contributed by atoms with Crippen molar-refractivity contribution in [2.24, 2.45) is 0 Å². The Bertz CT molecular complexity index is 552. The summed E-state index contributed by atoms with van der Waals surface area (Å²) in [6, 6.07) is 5.95. The Kier molecular flexibility index (Phi) is 4.41. The van der Waals surface area contributed by atoms with Gasteiger partial charge in [-0.25, -0.2) is 4.39 Å². The van der Waals surface area contributed by atoms with Gasteiger partial charge < -0.3 is 10.2 Å². The molecule has 4 nitrogen and oxygen atoms in total. The highest BCUT2D eigenvalue weighted by Gasteiger charge is 2.36. The van der Waals surface area contributed by atoms with Crippen molar-refractivity contribution in [3.05, 3.63) is 35.6 Å². The minimum Gasteiger partial charge on any atom is -0.352 e. The van der Waals surface area contributed by atoms with Crippen LogP contribution in [0.3, 0.4) is 0 Å². The summed E-state index contributed by atoms with van der Waals surface area (Å²) in [7, 11) is 0. The molecule has 0 bridgehead atoms. The standard InChI is InChI=1S/C17H21FN2O2/c18-13-7-5-12(6-8-13)11-20-15(9-10-16(20)21)17(22)19-14-3-1-2-4-14/h5-8,14-15H,1-4,9-11H2,(H,19,22)/t15-/m0/s1. The van der Waals surface area contributed by atoms with Gasteiger partial charge in [-0.05, 0) is 37.0 Å². The fourth-order valence-electron chi connectivity index (χ4n) is 3.36. The zero-order valence-electron chi connectivity index (χ0n) is 12.6. The summed E-state index contributed by atoms with van der Waals surface area (Å²) in [6.07, 6.45) is 5.36. The quantitative estimate of drug-likeness (QED) is 0.928. The van der Waals surface area contributed by atoms with Gasteiger partial charge in [-0.1, -0.05) is 25.0 Å². The third-order valence-corrected chi connectivity index (χ3v) is 4.60. The van der Waals surface area contributed by atoms with E-state index in [1.54, 1.807) is 17.0 Å². The lowest BCUT2D eigenvalue weighted by Crippen LogP contribution is -2.47. The van der Waals surface area contributed by atoms with E-state index < -0.39 is 6.04 Å². The summed E-state index contributed by atoms with van der Waals surface area (Å²) in [4.78, 5) is 26.1. The fraction of sp³-hybridized carbons (Fsp3) is 0.529. The number of carbonyl (C=O) groups excluding carboxylic acids is 2. The van der Waals surface area contributed by atoms with Crippen LogP contribution in [0.1, 0.15) is 44.1 Å². The molecule has 5 heteroatoms. The highest BCUT2D eigenvalue weighted by atomic mass is 19.1. The van der Waals surface area contributed by atoms with Gasteiger partial charge in [0.1, 0.15) is 11.9 Å². The van der Waals surface area contributed by atoms with Gasteiger partial charge in [-0.15, -0.1) is 0 Å². The van der Waals surface area contributed by atoms with Crippen molar-refractivity contribution in [1.29, 1.82) is 0 Å². The van der Waals surface area contributed by atoms with Crippen molar-refractivity contribution >= 4 is 11.8 Å². The molecule has 1 saturated heterocycles. The smallest absolute Gasteiger partial charge is 0.243 e. The number of nitrogens with one attached hydrogen (secondary N) is 1. The van der Waals surface area contributed by atoms with Crippen LogP contribution in [-0.4, -0.2) is 28.8 Å². The van der Waals surface area contributed by atoms with E-state index in [0.717, 1.165) is 31.2 Å². The van der Waals surface area contributed by atoms with Gasteiger partial charge in [0, 0.05) is 19.0 Å². The second kappa shape index (κ2) is 6.46. The van der Waals surface area contributed by atoms with Gasteiger partial charge in [-0.3, -0.25) is 9.59 Å². The molecule has 1 heterocycles. The Morgan fingerprint density at radius 2 is 1.86 bits per heavy atom. The van der Waals surface area contributed by atoms with Crippen LogP contribution < -0.4 is 5.32 Å². The van der Waals surface area contributed by atoms with E-state index in [1.807, 2.05) is 0 Å². The number of nitrogens with zero attached hydrogens (tertiary/aromatic N) is 1. The molecule has 0 unspecified atom stereocenters. The van der Waals surface area contributed by atoms with Gasteiger partial charge in [0.05, 0.1) is 0 Å². The molecule has 1 N–H and O–H groups in total. The number of hydrogen-bond donors (Lipinski definition) is 1. The normalized spacial score (nSPS) is 22.3. The summed E-state index contributed by atoms with van der Waals surface area (Å²) < 4.78 is 13.0. The van der Waals surface area contributed by atoms with Crippen molar-refractivity contribution in [3.8, 4) is 0 Å². The Balaban J connectivity index is 1.66. The van der Waals surface area contributed by atoms with E-state index in [2.05, 4.69) is 5.32 Å². The molecule has 118 valence electrons. The van der Waals surface area contributed by atoms with Gasteiger partial charge >= 0.3 is 0 Å². The molecule has 1 atom stereocenters. The van der Waals surface area contributed by atoms with Crippen molar-refractivity contribution in [3.63, 3.8) is 0 Å². The first kappa shape index (κ1) is 15.0. The summed E-state index contributed by atoms with van der Waals surface area (Å²) in [5, 5.41) is 3.07. The first-order valence-corrected chi connectivity index (χ1v) is 7.98. The first-order valence-electron chi connectivity index (χ1n) is 7.98. The van der Waals surface area contributed by atoms with Crippen LogP contribution in [0.25, 0.3) is 0 Å². The number of benzene rings is 1. The molecular weight excluding hydrogens is 283 g/mol. The lowest BCUT2D eigenvalue weighted by Gasteiger charge is -2.25. The van der Waals surface area contributed by atoms with Crippen LogP contribution in [0.4, 0.5) is 4.39 Å². The maximum atomic E-state index is 13.0. The van der Waals surface area contributed by atoms with Crippen LogP contribution >= 0.6 is 0 Å². The monoisotopic (exact) mass is 304 g/mol. The predicted molar refractivity (Wildman–Crippen MR) is 80.4 cm³/mol. The lowest BCUT2D eigenvalue weighted by molar-refractivity contribution is -0.136. The highest BCUT2D eigenvalue weighted by Crippen LogP contribution is 2.23. The number of carbonyl (C=O) groups is 2. The minimum atomic E-state index is -0.391. The molecule has 1 saturated carbocycles. The highest BCUT2D eigenvalue weighted by molar-refractivity contribution is 5.91. The maximum absolute atomic E-state index is 13.0. The molecule has 1 aromatic carbocycles. The van der Waals surface area contributed by atoms with Crippen LogP contribution in [0.15, 0.2) is 24.3 Å². The third-order valence-electron chi connectivity index (χ3n) is 4.60. The van der Waals surface area contributed by atoms with Crippen LogP contribution in [-0.2, 0) is 16.1 Å². The molecule has 3 rings (SSSR count). The molecule has 22 heavy (non-hydrogen) atoms. The van der Waals surface area contributed by atoms with Crippen molar-refractivity contribution in [2.45, 2.75) is 57.2 Å². The van der Waals surface area contributed by atoms with E-state index in [0.29, 0.717) is 19.4 Å². The molecule has 0 radical (unpaired) electrons. The summed E-state index contributed by atoms with van der Waals surface area (Å²) in [5.74, 6) is -0.345. The molecule has 1 aliphatic heterocycles. The molecule has 2 aliphatic rings. The molecule has 0 spiro atoms. The van der Waals surface area contributed by atoms with E-state index >= 15 is 0 Å². The van der Waals surface area contributed by atoms with E-state index in [9.17, 15) is 14.0 Å². The van der Waals surface area contributed by atoms with E-state index in [1.165, 1.54) is 12.1 Å². The average Bonchev–Trinajstić information content (AvgIpc) is 3.12. The number of likely N-dealkylation sites (tertiary alicyclic amines) is 1. The Hall–Kier alpha value is -1.91. The van der Waals surface area contributed by atoms with E-state index in [-0.39, 0.29) is 23.7 Å². The Labute approximate surface area is 129 Å². The minimum absolute atomic E-state index is 0.00380. The Morgan fingerprint density at radius 1 is 1.18 bits per heavy atom. The largest absolute Gasteiger partial charge is 0.352 e. The van der Waals surface area contributed by atoms with Gasteiger partial charge in [0.25, 0.3) is 0 Å². The van der Waals surface area contributed by atoms with Gasteiger partial charge in [0.15, 0.2) is 0 Å². The van der Waals surface area contributed by atoms with Crippen molar-refractivity contribution in [1.82, 2.24) is 10.2 Å². The topological polar surface area (TPSA) is 49.4 Å². The zero-order valence-corrected chi connectivity index (χ0v) is 12.6. The molecule has 2 fully saturated rings. The summed E-state index contributed by atoms with van der Waals surface area (Å²) in [6.45, 7) is 0.363. The molecule has 1 aromatic rings. The molecule has 0 aromatic heterocycles. The second-order valence-electron chi connectivity index (χ2n) is 6.19. The molecule has 1 aliphatic carbocycles. The molecular formula is C17H21FN2O2. The molecule has 2 amide bonds. The Morgan fingerprint density at radius 3 is 2.55 bits per heavy atom. The second-order valence-corrected chi connectivity index (χ2v) is 6.19. The number of amides is 2. The van der Waals surface area contributed by atoms with Gasteiger partial charge in [0.2, 0.25) is 11.8 Å². The van der Waals surface area contributed by atoms with Crippen LogP contribution in [0.2, 0.25) is 0 Å². The predicted octanol–water partition coefficient (Wildman–Crippen LogP) is 2.38. The number of rotatable bonds is 4. The fourth-order valence-corrected chi connectivity index (χ4v) is 3.36. The van der Waals surface area contributed by atoms with Gasteiger partial charge in [-0.2, -0.15) is 0 Å². The maximum Gasteiger partial charge on any atom is 0.243 e. The summed E-state index contributed by atoms with van der Waals surface area (Å²) >= 11 is 0. The average molecular weight is 304 g/mol. The van der Waals surface area contributed by atoms with E-state index in [4.69, 9.17) is 0 Å². The SMILES string of the molecule is O=C(NC1CCCC1)[C@@H]1CCC(=O)N1Cc1ccc(F)cc1. The summed E-state index contributed by atoms with van der Waals surface area (Å²) in [5.41, 5.74) is 0.843. The van der Waals surface area contributed by atoms with Crippen molar-refractivity contribution in [2.75, 3.05) is 0 Å². The lowest BCUT2D eigenvalue weighted by atomic mass is 10.1. The van der Waals surface area contributed by atoms with Crippen LogP contribution in [0, 0.1) is 5.82 Å². The number of halogens is 1. The van der Waals surface area contributed by atoms with Crippen molar-refractivity contribution < 1.29 is 14.0 Å². The third kappa shape index (κ3) is 3.29.